The minimum absolute atomic E-state index is 0.000839. The van der Waals surface area contributed by atoms with Crippen molar-refractivity contribution in [2.24, 2.45) is 5.92 Å². The van der Waals surface area contributed by atoms with Crippen LogP contribution in [-0.4, -0.2) is 18.2 Å². The Kier molecular flexibility index (Phi) is 3.55. The third-order valence-corrected chi connectivity index (χ3v) is 1.79. The Morgan fingerprint density at radius 1 is 1.27 bits per heavy atom. The van der Waals surface area contributed by atoms with Gasteiger partial charge in [-0.1, -0.05) is 13.8 Å². The molecule has 0 fully saturated rings. The van der Waals surface area contributed by atoms with Crippen LogP contribution in [0.2, 0.25) is 0 Å². The van der Waals surface area contributed by atoms with Crippen molar-refractivity contribution in [2.45, 2.75) is 13.8 Å². The summed E-state index contributed by atoms with van der Waals surface area (Å²) in [5.74, 6) is 0.175. The molecule has 4 nitrogen and oxygen atoms in total. The zero-order valence-electron chi connectivity index (χ0n) is 8.98. The number of rotatable bonds is 3. The van der Waals surface area contributed by atoms with E-state index >= 15 is 0 Å². The molecular weight excluding hydrogens is 196 g/mol. The van der Waals surface area contributed by atoms with Crippen LogP contribution in [0.4, 0.5) is 0 Å². The van der Waals surface area contributed by atoms with Gasteiger partial charge in [-0.3, -0.25) is 4.79 Å². The molecule has 0 saturated heterocycles. The van der Waals surface area contributed by atoms with Gasteiger partial charge in [0.2, 0.25) is 0 Å². The largest absolute Gasteiger partial charge is 0.508 e. The first-order chi connectivity index (χ1) is 7.02. The summed E-state index contributed by atoms with van der Waals surface area (Å²) in [6, 6.07) is 4.34. The maximum Gasteiger partial charge on any atom is 0.313 e. The Labute approximate surface area is 88.4 Å². The minimum atomic E-state index is -0.345. The van der Waals surface area contributed by atoms with Gasteiger partial charge in [0.15, 0.2) is 0 Å². The molecule has 0 unspecified atom stereocenters. The molecule has 0 aromatic heterocycles. The maximum atomic E-state index is 11.3. The number of phenolic OH excluding ortho intramolecular Hbond substituents is 1. The van der Waals surface area contributed by atoms with Crippen molar-refractivity contribution in [3.63, 3.8) is 0 Å². The molecule has 82 valence electrons. The summed E-state index contributed by atoms with van der Waals surface area (Å²) in [5, 5.41) is 9.31. The van der Waals surface area contributed by atoms with Crippen LogP contribution >= 0.6 is 0 Å². The number of methoxy groups -OCH3 is 1. The monoisotopic (exact) mass is 210 g/mol. The molecule has 0 atom stereocenters. The van der Waals surface area contributed by atoms with E-state index in [0.29, 0.717) is 5.75 Å². The van der Waals surface area contributed by atoms with E-state index in [2.05, 4.69) is 0 Å². The van der Waals surface area contributed by atoms with Crippen molar-refractivity contribution in [3.05, 3.63) is 18.2 Å². The van der Waals surface area contributed by atoms with Crippen molar-refractivity contribution in [1.29, 1.82) is 0 Å². The van der Waals surface area contributed by atoms with Crippen molar-refractivity contribution < 1.29 is 19.4 Å². The van der Waals surface area contributed by atoms with E-state index in [1.807, 2.05) is 0 Å². The topological polar surface area (TPSA) is 55.8 Å². The highest BCUT2D eigenvalue weighted by Gasteiger charge is 2.11. The quantitative estimate of drug-likeness (QED) is 0.612. The van der Waals surface area contributed by atoms with Gasteiger partial charge < -0.3 is 14.6 Å². The SMILES string of the molecule is COc1cc(O)cc(OC(=O)C(C)C)c1. The molecule has 0 aliphatic heterocycles. The zero-order chi connectivity index (χ0) is 11.4. The van der Waals surface area contributed by atoms with E-state index in [-0.39, 0.29) is 23.4 Å². The first-order valence-electron chi connectivity index (χ1n) is 4.62. The Morgan fingerprint density at radius 2 is 1.87 bits per heavy atom. The van der Waals surface area contributed by atoms with Crippen LogP contribution in [0.5, 0.6) is 17.2 Å². The van der Waals surface area contributed by atoms with E-state index in [0.717, 1.165) is 0 Å². The molecule has 0 heterocycles. The van der Waals surface area contributed by atoms with Crippen molar-refractivity contribution >= 4 is 5.97 Å². The number of aromatic hydroxyl groups is 1. The van der Waals surface area contributed by atoms with E-state index in [1.54, 1.807) is 19.9 Å². The number of ether oxygens (including phenoxy) is 2. The van der Waals surface area contributed by atoms with E-state index in [1.165, 1.54) is 19.2 Å². The predicted octanol–water partition coefficient (Wildman–Crippen LogP) is 1.96. The average Bonchev–Trinajstić information content (AvgIpc) is 2.16. The lowest BCUT2D eigenvalue weighted by atomic mass is 10.2. The Hall–Kier alpha value is -1.71. The fourth-order valence-electron chi connectivity index (χ4n) is 0.967. The van der Waals surface area contributed by atoms with E-state index < -0.39 is 0 Å². The molecule has 0 spiro atoms. The summed E-state index contributed by atoms with van der Waals surface area (Å²) < 4.78 is 9.95. The van der Waals surface area contributed by atoms with Crippen LogP contribution in [0.25, 0.3) is 0 Å². The summed E-state index contributed by atoms with van der Waals surface area (Å²) in [6.07, 6.45) is 0. The van der Waals surface area contributed by atoms with Gasteiger partial charge in [-0.05, 0) is 0 Å². The van der Waals surface area contributed by atoms with Gasteiger partial charge in [-0.15, -0.1) is 0 Å². The first kappa shape index (κ1) is 11.4. The number of carbonyl (C=O) groups excluding carboxylic acids is 1. The van der Waals surface area contributed by atoms with Crippen molar-refractivity contribution in [2.75, 3.05) is 7.11 Å². The molecular formula is C11H14O4. The van der Waals surface area contributed by atoms with Gasteiger partial charge in [0, 0.05) is 18.2 Å². The van der Waals surface area contributed by atoms with Crippen LogP contribution in [-0.2, 0) is 4.79 Å². The molecule has 1 aromatic carbocycles. The second-order valence-electron chi connectivity index (χ2n) is 3.44. The van der Waals surface area contributed by atoms with Gasteiger partial charge in [-0.2, -0.15) is 0 Å². The molecule has 1 N–H and O–H groups in total. The predicted molar refractivity (Wildman–Crippen MR) is 55.1 cm³/mol. The summed E-state index contributed by atoms with van der Waals surface area (Å²) in [6.45, 7) is 3.48. The second-order valence-corrected chi connectivity index (χ2v) is 3.44. The highest BCUT2D eigenvalue weighted by molar-refractivity contribution is 5.74. The highest BCUT2D eigenvalue weighted by Crippen LogP contribution is 2.26. The van der Waals surface area contributed by atoms with Gasteiger partial charge in [-0.25, -0.2) is 0 Å². The third-order valence-electron chi connectivity index (χ3n) is 1.79. The Balaban J connectivity index is 2.85. The van der Waals surface area contributed by atoms with Crippen LogP contribution in [0.1, 0.15) is 13.8 Å². The molecule has 1 rings (SSSR count). The van der Waals surface area contributed by atoms with Crippen molar-refractivity contribution in [1.82, 2.24) is 0 Å². The molecule has 0 amide bonds. The normalized spacial score (nSPS) is 10.1. The average molecular weight is 210 g/mol. The minimum Gasteiger partial charge on any atom is -0.508 e. The molecule has 0 aliphatic rings. The molecule has 0 aliphatic carbocycles. The number of hydrogen-bond donors (Lipinski definition) is 1. The fraction of sp³-hybridized carbons (Fsp3) is 0.364. The molecule has 15 heavy (non-hydrogen) atoms. The van der Waals surface area contributed by atoms with E-state index in [9.17, 15) is 9.90 Å². The third kappa shape index (κ3) is 3.16. The first-order valence-corrected chi connectivity index (χ1v) is 4.62. The van der Waals surface area contributed by atoms with Crippen LogP contribution in [0.3, 0.4) is 0 Å². The summed E-state index contributed by atoms with van der Waals surface area (Å²) in [5.41, 5.74) is 0. The Bertz CT molecular complexity index is 358. The number of phenols is 1. The number of esters is 1. The Morgan fingerprint density at radius 3 is 2.40 bits per heavy atom. The number of benzene rings is 1. The van der Waals surface area contributed by atoms with Crippen LogP contribution in [0, 0.1) is 5.92 Å². The van der Waals surface area contributed by atoms with Crippen LogP contribution in [0.15, 0.2) is 18.2 Å². The standard InChI is InChI=1S/C11H14O4/c1-7(2)11(13)15-10-5-8(12)4-9(6-10)14-3/h4-7,12H,1-3H3. The summed E-state index contributed by atoms with van der Waals surface area (Å²) in [4.78, 5) is 11.3. The van der Waals surface area contributed by atoms with Gasteiger partial charge in [0.25, 0.3) is 0 Å². The zero-order valence-corrected chi connectivity index (χ0v) is 8.98. The highest BCUT2D eigenvalue weighted by atomic mass is 16.5. The van der Waals surface area contributed by atoms with Gasteiger partial charge in [0.1, 0.15) is 17.2 Å². The smallest absolute Gasteiger partial charge is 0.313 e. The lowest BCUT2D eigenvalue weighted by Gasteiger charge is -2.08. The molecule has 0 radical (unpaired) electrons. The number of hydrogen-bond acceptors (Lipinski definition) is 4. The number of carbonyl (C=O) groups is 1. The summed E-state index contributed by atoms with van der Waals surface area (Å²) >= 11 is 0. The molecule has 4 heteroatoms. The fourth-order valence-corrected chi connectivity index (χ4v) is 0.967. The molecule has 0 bridgehead atoms. The van der Waals surface area contributed by atoms with Gasteiger partial charge in [0.05, 0.1) is 13.0 Å². The van der Waals surface area contributed by atoms with E-state index in [4.69, 9.17) is 9.47 Å². The maximum absolute atomic E-state index is 11.3. The summed E-state index contributed by atoms with van der Waals surface area (Å²) in [7, 11) is 1.48. The lowest BCUT2D eigenvalue weighted by molar-refractivity contribution is -0.137. The lowest BCUT2D eigenvalue weighted by Crippen LogP contribution is -2.14. The van der Waals surface area contributed by atoms with Crippen LogP contribution < -0.4 is 9.47 Å². The van der Waals surface area contributed by atoms with Crippen molar-refractivity contribution in [3.8, 4) is 17.2 Å². The molecule has 0 saturated carbocycles. The molecule has 1 aromatic rings. The van der Waals surface area contributed by atoms with Gasteiger partial charge >= 0.3 is 5.97 Å². The second kappa shape index (κ2) is 4.68.